The minimum Gasteiger partial charge on any atom is -0.371 e. The van der Waals surface area contributed by atoms with Crippen LogP contribution in [0.25, 0.3) is 0 Å². The van der Waals surface area contributed by atoms with Crippen molar-refractivity contribution < 1.29 is 9.47 Å². The van der Waals surface area contributed by atoms with E-state index >= 15 is 0 Å². The molecule has 1 saturated carbocycles. The Morgan fingerprint density at radius 2 is 2.42 bits per heavy atom. The van der Waals surface area contributed by atoms with Crippen LogP contribution in [0.4, 0.5) is 0 Å². The first kappa shape index (κ1) is 8.27. The van der Waals surface area contributed by atoms with Gasteiger partial charge in [-0.15, -0.1) is 6.58 Å². The molecule has 2 nitrogen and oxygen atoms in total. The smallest absolute Gasteiger partial charge is 0.118 e. The Bertz CT molecular complexity index is 173. The fraction of sp³-hybridized carbons (Fsp3) is 0.800. The van der Waals surface area contributed by atoms with E-state index in [0.717, 1.165) is 13.0 Å². The number of hydrogen-bond acceptors (Lipinski definition) is 2. The van der Waals surface area contributed by atoms with Crippen LogP contribution in [0.5, 0.6) is 0 Å². The van der Waals surface area contributed by atoms with Crippen molar-refractivity contribution >= 4 is 0 Å². The molecule has 2 fully saturated rings. The van der Waals surface area contributed by atoms with E-state index in [1.807, 2.05) is 6.08 Å². The van der Waals surface area contributed by atoms with Gasteiger partial charge in [0.25, 0.3) is 0 Å². The molecule has 1 heterocycles. The largest absolute Gasteiger partial charge is 0.371 e. The molecule has 0 N–H and O–H groups in total. The van der Waals surface area contributed by atoms with Gasteiger partial charge in [0, 0.05) is 0 Å². The molecule has 0 aromatic heterocycles. The van der Waals surface area contributed by atoms with Crippen LogP contribution in [0.15, 0.2) is 12.7 Å². The molecule has 1 saturated heterocycles. The molecule has 68 valence electrons. The lowest BCUT2D eigenvalue weighted by Crippen LogP contribution is -2.35. The summed E-state index contributed by atoms with van der Waals surface area (Å²) in [7, 11) is 0. The van der Waals surface area contributed by atoms with Crippen LogP contribution >= 0.6 is 0 Å². The highest BCUT2D eigenvalue weighted by Gasteiger charge is 2.53. The van der Waals surface area contributed by atoms with Gasteiger partial charge < -0.3 is 9.47 Å². The van der Waals surface area contributed by atoms with Crippen molar-refractivity contribution in [2.75, 3.05) is 13.2 Å². The normalized spacial score (nSPS) is 39.8. The van der Waals surface area contributed by atoms with E-state index < -0.39 is 0 Å². The van der Waals surface area contributed by atoms with Crippen LogP contribution < -0.4 is 0 Å². The first-order chi connectivity index (χ1) is 5.87. The van der Waals surface area contributed by atoms with E-state index in [0.29, 0.717) is 12.7 Å². The summed E-state index contributed by atoms with van der Waals surface area (Å²) in [5, 5.41) is 0. The third-order valence-electron chi connectivity index (χ3n) is 2.83. The molecule has 0 bridgehead atoms. The lowest BCUT2D eigenvalue weighted by molar-refractivity contribution is -0.0140. The highest BCUT2D eigenvalue weighted by Crippen LogP contribution is 2.43. The van der Waals surface area contributed by atoms with E-state index in [1.165, 1.54) is 19.3 Å². The van der Waals surface area contributed by atoms with Crippen molar-refractivity contribution in [2.45, 2.75) is 37.4 Å². The second-order valence-corrected chi connectivity index (χ2v) is 3.71. The summed E-state index contributed by atoms with van der Waals surface area (Å²) >= 11 is 0. The minimum atomic E-state index is 0.126. The van der Waals surface area contributed by atoms with Crippen LogP contribution in [0.3, 0.4) is 0 Å². The molecule has 0 radical (unpaired) electrons. The second-order valence-electron chi connectivity index (χ2n) is 3.71. The summed E-state index contributed by atoms with van der Waals surface area (Å²) in [4.78, 5) is 0. The Hall–Kier alpha value is -0.340. The Labute approximate surface area is 73.5 Å². The molecule has 1 aliphatic heterocycles. The molecule has 2 unspecified atom stereocenters. The van der Waals surface area contributed by atoms with E-state index in [-0.39, 0.29) is 5.60 Å². The Kier molecular flexibility index (Phi) is 2.20. The Balaban J connectivity index is 1.88. The van der Waals surface area contributed by atoms with Crippen molar-refractivity contribution in [3.63, 3.8) is 0 Å². The first-order valence-corrected chi connectivity index (χ1v) is 4.74. The van der Waals surface area contributed by atoms with Crippen molar-refractivity contribution in [1.29, 1.82) is 0 Å². The van der Waals surface area contributed by atoms with Gasteiger partial charge in [0.05, 0.1) is 19.3 Å². The molecule has 12 heavy (non-hydrogen) atoms. The van der Waals surface area contributed by atoms with E-state index in [1.54, 1.807) is 0 Å². The molecule has 2 aliphatic rings. The first-order valence-electron chi connectivity index (χ1n) is 4.74. The Morgan fingerprint density at radius 3 is 3.08 bits per heavy atom. The average Bonchev–Trinajstić information content (AvgIpc) is 2.85. The average molecular weight is 168 g/mol. The zero-order valence-corrected chi connectivity index (χ0v) is 7.42. The molecule has 0 amide bonds. The lowest BCUT2D eigenvalue weighted by atomic mass is 9.87. The predicted octanol–water partition coefficient (Wildman–Crippen LogP) is 1.90. The molecule has 2 heteroatoms. The number of epoxide rings is 1. The summed E-state index contributed by atoms with van der Waals surface area (Å²) in [6, 6.07) is 0. The fourth-order valence-corrected chi connectivity index (χ4v) is 2.02. The molecule has 0 aromatic carbocycles. The molecule has 2 atom stereocenters. The Morgan fingerprint density at radius 1 is 1.58 bits per heavy atom. The molecule has 2 rings (SSSR count). The van der Waals surface area contributed by atoms with Gasteiger partial charge in [-0.05, 0) is 12.8 Å². The highest BCUT2D eigenvalue weighted by molar-refractivity contribution is 5.02. The van der Waals surface area contributed by atoms with Gasteiger partial charge in [0.1, 0.15) is 5.60 Å². The topological polar surface area (TPSA) is 21.8 Å². The molecule has 1 spiro atoms. The summed E-state index contributed by atoms with van der Waals surface area (Å²) < 4.78 is 11.2. The summed E-state index contributed by atoms with van der Waals surface area (Å²) in [5.41, 5.74) is 0.126. The number of hydrogen-bond donors (Lipinski definition) is 0. The van der Waals surface area contributed by atoms with Gasteiger partial charge in [-0.1, -0.05) is 18.9 Å². The van der Waals surface area contributed by atoms with Crippen LogP contribution in [-0.2, 0) is 9.47 Å². The van der Waals surface area contributed by atoms with Gasteiger partial charge in [0.15, 0.2) is 0 Å². The van der Waals surface area contributed by atoms with Crippen LogP contribution in [0, 0.1) is 0 Å². The van der Waals surface area contributed by atoms with Gasteiger partial charge in [-0.25, -0.2) is 0 Å². The van der Waals surface area contributed by atoms with Crippen molar-refractivity contribution in [2.24, 2.45) is 0 Å². The maximum atomic E-state index is 5.67. The van der Waals surface area contributed by atoms with Crippen molar-refractivity contribution in [3.05, 3.63) is 12.7 Å². The van der Waals surface area contributed by atoms with E-state index in [2.05, 4.69) is 6.58 Å². The van der Waals surface area contributed by atoms with E-state index in [9.17, 15) is 0 Å². The fourth-order valence-electron chi connectivity index (χ4n) is 2.02. The van der Waals surface area contributed by atoms with Gasteiger partial charge in [0.2, 0.25) is 0 Å². The summed E-state index contributed by atoms with van der Waals surface area (Å²) in [5.74, 6) is 0. The molecular formula is C10H16O2. The summed E-state index contributed by atoms with van der Waals surface area (Å²) in [6.45, 7) is 5.22. The van der Waals surface area contributed by atoms with Crippen molar-refractivity contribution in [1.82, 2.24) is 0 Å². The molecule has 0 aromatic rings. The molecular weight excluding hydrogens is 152 g/mol. The maximum absolute atomic E-state index is 5.67. The SMILES string of the molecule is C=CCOC1CCCCC12CO2. The minimum absolute atomic E-state index is 0.126. The van der Waals surface area contributed by atoms with Crippen LogP contribution in [0.1, 0.15) is 25.7 Å². The zero-order valence-electron chi connectivity index (χ0n) is 7.42. The van der Waals surface area contributed by atoms with Gasteiger partial charge in [-0.2, -0.15) is 0 Å². The van der Waals surface area contributed by atoms with Crippen LogP contribution in [0.2, 0.25) is 0 Å². The predicted molar refractivity (Wildman–Crippen MR) is 47.1 cm³/mol. The maximum Gasteiger partial charge on any atom is 0.118 e. The molecule has 1 aliphatic carbocycles. The quantitative estimate of drug-likeness (QED) is 0.474. The number of ether oxygens (including phenoxy) is 2. The van der Waals surface area contributed by atoms with E-state index in [4.69, 9.17) is 9.47 Å². The third kappa shape index (κ3) is 1.41. The highest BCUT2D eigenvalue weighted by atomic mass is 16.6. The summed E-state index contributed by atoms with van der Waals surface area (Å²) in [6.07, 6.45) is 7.08. The monoisotopic (exact) mass is 168 g/mol. The lowest BCUT2D eigenvalue weighted by Gasteiger charge is -2.28. The van der Waals surface area contributed by atoms with Gasteiger partial charge >= 0.3 is 0 Å². The zero-order chi connectivity index (χ0) is 8.44. The van der Waals surface area contributed by atoms with Gasteiger partial charge in [-0.3, -0.25) is 0 Å². The van der Waals surface area contributed by atoms with Crippen LogP contribution in [-0.4, -0.2) is 24.9 Å². The third-order valence-corrected chi connectivity index (χ3v) is 2.83. The standard InChI is InChI=1S/C10H16O2/c1-2-7-11-9-5-3-4-6-10(9)8-12-10/h2,9H,1,3-8H2. The second kappa shape index (κ2) is 3.19. The van der Waals surface area contributed by atoms with Crippen molar-refractivity contribution in [3.8, 4) is 0 Å². The number of rotatable bonds is 3.